The third-order valence-corrected chi connectivity index (χ3v) is 4.11. The van der Waals surface area contributed by atoms with Crippen LogP contribution in [0.4, 0.5) is 10.5 Å². The molecule has 1 aliphatic heterocycles. The Morgan fingerprint density at radius 3 is 2.70 bits per heavy atom. The molecule has 1 saturated heterocycles. The quantitative estimate of drug-likeness (QED) is 0.847. The van der Waals surface area contributed by atoms with Crippen LogP contribution >= 0.6 is 0 Å². The first kappa shape index (κ1) is 17.3. The van der Waals surface area contributed by atoms with Crippen molar-refractivity contribution >= 4 is 17.5 Å². The lowest BCUT2D eigenvalue weighted by molar-refractivity contribution is 0.101. The van der Waals surface area contributed by atoms with Crippen molar-refractivity contribution in [1.29, 1.82) is 0 Å². The second-order valence-corrected chi connectivity index (χ2v) is 5.98. The van der Waals surface area contributed by atoms with Gasteiger partial charge in [-0.05, 0) is 52.6 Å². The van der Waals surface area contributed by atoms with Gasteiger partial charge in [0.05, 0.1) is 12.3 Å². The van der Waals surface area contributed by atoms with E-state index >= 15 is 0 Å². The van der Waals surface area contributed by atoms with Crippen molar-refractivity contribution in [3.8, 4) is 5.75 Å². The Morgan fingerprint density at radius 1 is 1.39 bits per heavy atom. The highest BCUT2D eigenvalue weighted by Gasteiger charge is 2.27. The first-order valence-electron chi connectivity index (χ1n) is 7.92. The summed E-state index contributed by atoms with van der Waals surface area (Å²) in [5, 5.41) is 2.88. The second kappa shape index (κ2) is 7.46. The topological polar surface area (TPSA) is 61.9 Å². The summed E-state index contributed by atoms with van der Waals surface area (Å²) in [7, 11) is 4.05. The van der Waals surface area contributed by atoms with Crippen molar-refractivity contribution in [2.45, 2.75) is 26.3 Å². The average molecular weight is 319 g/mol. The highest BCUT2D eigenvalue weighted by molar-refractivity contribution is 5.98. The summed E-state index contributed by atoms with van der Waals surface area (Å²) < 4.78 is 5.54. The fourth-order valence-electron chi connectivity index (χ4n) is 2.67. The maximum absolute atomic E-state index is 12.5. The highest BCUT2D eigenvalue weighted by atomic mass is 16.5. The van der Waals surface area contributed by atoms with Crippen LogP contribution in [0.25, 0.3) is 0 Å². The molecular weight excluding hydrogens is 294 g/mol. The van der Waals surface area contributed by atoms with Crippen LogP contribution < -0.4 is 10.1 Å². The summed E-state index contributed by atoms with van der Waals surface area (Å²) in [6.45, 7) is 5.31. The largest absolute Gasteiger partial charge is 0.492 e. The molecule has 0 saturated carbocycles. The molecule has 1 atom stereocenters. The molecule has 0 spiro atoms. The molecule has 0 unspecified atom stereocenters. The van der Waals surface area contributed by atoms with E-state index in [0.717, 1.165) is 13.0 Å². The minimum absolute atomic E-state index is 0.0441. The number of urea groups is 1. The number of anilines is 1. The summed E-state index contributed by atoms with van der Waals surface area (Å²) in [6.07, 6.45) is 0.965. The fraction of sp³-hybridized carbons (Fsp3) is 0.529. The van der Waals surface area contributed by atoms with Crippen LogP contribution in [0, 0.1) is 0 Å². The van der Waals surface area contributed by atoms with Crippen LogP contribution in [-0.2, 0) is 0 Å². The second-order valence-electron chi connectivity index (χ2n) is 5.98. The molecule has 126 valence electrons. The van der Waals surface area contributed by atoms with Crippen LogP contribution in [-0.4, -0.2) is 61.4 Å². The van der Waals surface area contributed by atoms with Gasteiger partial charge in [-0.2, -0.15) is 0 Å². The molecule has 6 heteroatoms. The van der Waals surface area contributed by atoms with Crippen LogP contribution in [0.3, 0.4) is 0 Å². The number of ketones is 1. The summed E-state index contributed by atoms with van der Waals surface area (Å²) in [5.41, 5.74) is 1.09. The van der Waals surface area contributed by atoms with E-state index in [4.69, 9.17) is 4.74 Å². The number of amides is 2. The van der Waals surface area contributed by atoms with Crippen molar-refractivity contribution in [3.05, 3.63) is 23.8 Å². The molecule has 1 fully saturated rings. The van der Waals surface area contributed by atoms with Crippen molar-refractivity contribution in [1.82, 2.24) is 9.80 Å². The van der Waals surface area contributed by atoms with Gasteiger partial charge in [-0.15, -0.1) is 0 Å². The number of carbonyl (C=O) groups excluding carboxylic acids is 2. The van der Waals surface area contributed by atoms with Gasteiger partial charge in [-0.1, -0.05) is 0 Å². The number of likely N-dealkylation sites (tertiary alicyclic amines) is 1. The minimum atomic E-state index is -0.156. The molecule has 2 rings (SSSR count). The van der Waals surface area contributed by atoms with Crippen LogP contribution in [0.2, 0.25) is 0 Å². The lowest BCUT2D eigenvalue weighted by atomic mass is 10.1. The number of ether oxygens (including phenoxy) is 1. The van der Waals surface area contributed by atoms with E-state index in [1.54, 1.807) is 23.1 Å². The number of hydrogen-bond acceptors (Lipinski definition) is 4. The molecule has 0 radical (unpaired) electrons. The predicted molar refractivity (Wildman–Crippen MR) is 90.3 cm³/mol. The van der Waals surface area contributed by atoms with E-state index in [2.05, 4.69) is 10.2 Å². The van der Waals surface area contributed by atoms with Gasteiger partial charge in [0.2, 0.25) is 0 Å². The number of nitrogens with zero attached hydrogens (tertiary/aromatic N) is 2. The molecule has 23 heavy (non-hydrogen) atoms. The zero-order chi connectivity index (χ0) is 17.0. The molecule has 0 bridgehead atoms. The Labute approximate surface area is 137 Å². The van der Waals surface area contributed by atoms with Crippen LogP contribution in [0.5, 0.6) is 5.75 Å². The Hall–Kier alpha value is -2.08. The minimum Gasteiger partial charge on any atom is -0.492 e. The predicted octanol–water partition coefficient (Wildman–Crippen LogP) is 2.46. The Balaban J connectivity index is 2.13. The number of likely N-dealkylation sites (N-methyl/N-ethyl adjacent to an activating group) is 1. The standard InChI is InChI=1S/C17H25N3O3/c1-5-23-16-7-6-13(12(2)21)10-15(16)18-17(22)20-9-8-14(11-20)19(3)4/h6-7,10,14H,5,8-9,11H2,1-4H3,(H,18,22)/t14-/m0/s1. The molecule has 2 amide bonds. The number of rotatable bonds is 5. The maximum Gasteiger partial charge on any atom is 0.322 e. The normalized spacial score (nSPS) is 17.4. The maximum atomic E-state index is 12.5. The number of Topliss-reactive ketones (excluding diaryl/α,β-unsaturated/α-hetero) is 1. The lowest BCUT2D eigenvalue weighted by Crippen LogP contribution is -2.36. The van der Waals surface area contributed by atoms with Crippen LogP contribution in [0.15, 0.2) is 18.2 Å². The van der Waals surface area contributed by atoms with Gasteiger partial charge in [0.15, 0.2) is 5.78 Å². The number of nitrogens with one attached hydrogen (secondary N) is 1. The molecule has 0 aromatic heterocycles. The molecule has 1 aromatic rings. The summed E-state index contributed by atoms with van der Waals surface area (Å²) in [6, 6.07) is 5.33. The van der Waals surface area contributed by atoms with Gasteiger partial charge < -0.3 is 19.9 Å². The molecular formula is C17H25N3O3. The van der Waals surface area contributed by atoms with Crippen LogP contribution in [0.1, 0.15) is 30.6 Å². The van der Waals surface area contributed by atoms with E-state index in [1.165, 1.54) is 6.92 Å². The van der Waals surface area contributed by atoms with Crippen molar-refractivity contribution < 1.29 is 14.3 Å². The first-order valence-corrected chi connectivity index (χ1v) is 7.92. The Kier molecular flexibility index (Phi) is 5.60. The van der Waals surface area contributed by atoms with E-state index in [1.807, 2.05) is 21.0 Å². The van der Waals surface area contributed by atoms with Gasteiger partial charge in [-0.3, -0.25) is 4.79 Å². The Bertz CT molecular complexity index is 586. The smallest absolute Gasteiger partial charge is 0.322 e. The van der Waals surface area contributed by atoms with Gasteiger partial charge in [-0.25, -0.2) is 4.79 Å². The van der Waals surface area contributed by atoms with Gasteiger partial charge in [0.25, 0.3) is 0 Å². The van der Waals surface area contributed by atoms with Crippen molar-refractivity contribution in [2.75, 3.05) is 39.1 Å². The molecule has 6 nitrogen and oxygen atoms in total. The zero-order valence-electron chi connectivity index (χ0n) is 14.3. The van der Waals surface area contributed by atoms with E-state index in [9.17, 15) is 9.59 Å². The first-order chi connectivity index (χ1) is 10.9. The van der Waals surface area contributed by atoms with Crippen molar-refractivity contribution in [2.24, 2.45) is 0 Å². The molecule has 1 heterocycles. The van der Waals surface area contributed by atoms with Crippen molar-refractivity contribution in [3.63, 3.8) is 0 Å². The summed E-state index contributed by atoms with van der Waals surface area (Å²) >= 11 is 0. The van der Waals surface area contributed by atoms with E-state index in [-0.39, 0.29) is 11.8 Å². The lowest BCUT2D eigenvalue weighted by Gasteiger charge is -2.21. The number of benzene rings is 1. The molecule has 1 aromatic carbocycles. The Morgan fingerprint density at radius 2 is 2.13 bits per heavy atom. The molecule has 0 aliphatic carbocycles. The molecule has 1 N–H and O–H groups in total. The SMILES string of the molecule is CCOc1ccc(C(C)=O)cc1NC(=O)N1CC[C@H](N(C)C)C1. The third-order valence-electron chi connectivity index (χ3n) is 4.11. The number of carbonyl (C=O) groups is 2. The molecule has 1 aliphatic rings. The zero-order valence-corrected chi connectivity index (χ0v) is 14.3. The van der Waals surface area contributed by atoms with Gasteiger partial charge in [0.1, 0.15) is 5.75 Å². The summed E-state index contributed by atoms with van der Waals surface area (Å²) in [5.74, 6) is 0.534. The number of hydrogen-bond donors (Lipinski definition) is 1. The fourth-order valence-corrected chi connectivity index (χ4v) is 2.67. The van der Waals surface area contributed by atoms with E-state index < -0.39 is 0 Å². The average Bonchev–Trinajstić information content (AvgIpc) is 2.99. The monoisotopic (exact) mass is 319 g/mol. The third kappa shape index (κ3) is 4.22. The summed E-state index contributed by atoms with van der Waals surface area (Å²) in [4.78, 5) is 28.0. The van der Waals surface area contributed by atoms with Gasteiger partial charge >= 0.3 is 6.03 Å². The highest BCUT2D eigenvalue weighted by Crippen LogP contribution is 2.27. The van der Waals surface area contributed by atoms with Gasteiger partial charge in [0, 0.05) is 24.7 Å². The van der Waals surface area contributed by atoms with E-state index in [0.29, 0.717) is 36.2 Å².